The van der Waals surface area contributed by atoms with Gasteiger partial charge in [-0.1, -0.05) is 72.3 Å². The van der Waals surface area contributed by atoms with Gasteiger partial charge in [-0.15, -0.1) is 0 Å². The van der Waals surface area contributed by atoms with Crippen molar-refractivity contribution in [1.82, 2.24) is 0 Å². The number of fused-ring (bicyclic) bond motifs is 3. The summed E-state index contributed by atoms with van der Waals surface area (Å²) in [7, 11) is 0. The highest BCUT2D eigenvalue weighted by Gasteiger charge is 2.43. The molecule has 28 heavy (non-hydrogen) atoms. The molecule has 3 nitrogen and oxygen atoms in total. The molecule has 2 aliphatic rings. The summed E-state index contributed by atoms with van der Waals surface area (Å²) in [5, 5.41) is 0.793. The summed E-state index contributed by atoms with van der Waals surface area (Å²) in [6.07, 6.45) is 0.679. The number of thioether (sulfide) groups is 1. The van der Waals surface area contributed by atoms with Crippen molar-refractivity contribution >= 4 is 28.5 Å². The third-order valence-corrected chi connectivity index (χ3v) is 6.42. The van der Waals surface area contributed by atoms with Crippen LogP contribution in [-0.4, -0.2) is 11.1 Å². The van der Waals surface area contributed by atoms with Crippen LogP contribution in [0.25, 0.3) is 0 Å². The normalized spacial score (nSPS) is 20.5. The van der Waals surface area contributed by atoms with E-state index in [9.17, 15) is 4.79 Å². The Morgan fingerprint density at radius 3 is 2.43 bits per heavy atom. The van der Waals surface area contributed by atoms with Crippen LogP contribution in [-0.2, 0) is 11.2 Å². The Morgan fingerprint density at radius 2 is 1.64 bits per heavy atom. The van der Waals surface area contributed by atoms with Crippen molar-refractivity contribution in [2.24, 2.45) is 10.9 Å². The number of aryl methyl sites for hydroxylation is 1. The molecule has 0 fully saturated rings. The molecular weight excluding hydrogens is 364 g/mol. The number of benzene rings is 3. The van der Waals surface area contributed by atoms with Crippen LogP contribution in [0.2, 0.25) is 0 Å². The van der Waals surface area contributed by atoms with E-state index < -0.39 is 0 Å². The van der Waals surface area contributed by atoms with Crippen molar-refractivity contribution in [3.8, 4) is 0 Å². The highest BCUT2D eigenvalue weighted by molar-refractivity contribution is 8.15. The molecule has 0 unspecified atom stereocenters. The van der Waals surface area contributed by atoms with E-state index in [0.29, 0.717) is 6.42 Å². The molecule has 2 atom stereocenters. The second-order valence-corrected chi connectivity index (χ2v) is 8.32. The van der Waals surface area contributed by atoms with Crippen molar-refractivity contribution in [2.75, 3.05) is 4.90 Å². The molecule has 0 aromatic heterocycles. The first-order valence-corrected chi connectivity index (χ1v) is 10.3. The van der Waals surface area contributed by atoms with Gasteiger partial charge < -0.3 is 0 Å². The van der Waals surface area contributed by atoms with Crippen molar-refractivity contribution in [2.45, 2.75) is 24.3 Å². The van der Waals surface area contributed by atoms with Gasteiger partial charge in [0.2, 0.25) is 5.91 Å². The fraction of sp³-hybridized carbons (Fsp3) is 0.167. The van der Waals surface area contributed by atoms with Gasteiger partial charge >= 0.3 is 0 Å². The van der Waals surface area contributed by atoms with Crippen LogP contribution in [0.1, 0.15) is 22.7 Å². The fourth-order valence-electron chi connectivity index (χ4n) is 3.92. The molecule has 0 saturated heterocycles. The predicted octanol–water partition coefficient (Wildman–Crippen LogP) is 5.40. The number of anilines is 1. The average molecular weight is 385 g/mol. The number of hydrogen-bond acceptors (Lipinski definition) is 3. The molecule has 2 heterocycles. The minimum absolute atomic E-state index is 0.136. The van der Waals surface area contributed by atoms with Crippen LogP contribution in [0.15, 0.2) is 88.8 Å². The van der Waals surface area contributed by atoms with Crippen molar-refractivity contribution in [3.05, 3.63) is 95.6 Å². The van der Waals surface area contributed by atoms with Crippen LogP contribution >= 0.6 is 11.8 Å². The van der Waals surface area contributed by atoms with E-state index >= 15 is 0 Å². The maximum absolute atomic E-state index is 13.7. The van der Waals surface area contributed by atoms with Gasteiger partial charge in [-0.3, -0.25) is 14.7 Å². The Balaban J connectivity index is 1.60. The number of nitrogens with zero attached hydrogens (tertiary/aromatic N) is 2. The van der Waals surface area contributed by atoms with Crippen molar-refractivity contribution < 1.29 is 4.79 Å². The molecule has 1 amide bonds. The standard InChI is InChI=1S/C24H20N2OS/c1-16-11-13-18(14-12-16)22-19(15-17-7-3-2-4-8-17)23(27)26-20-9-5-6-10-21(20)28-24(26)25-22/h2-14,19,22H,15H2,1H3/t19-,22+/m0/s1. The third-order valence-electron chi connectivity index (χ3n) is 5.38. The number of hydrogen-bond donors (Lipinski definition) is 0. The van der Waals surface area contributed by atoms with Crippen LogP contribution in [0.5, 0.6) is 0 Å². The smallest absolute Gasteiger partial charge is 0.239 e. The topological polar surface area (TPSA) is 32.7 Å². The summed E-state index contributed by atoms with van der Waals surface area (Å²) in [5.74, 6) is -0.0857. The molecule has 3 aromatic rings. The van der Waals surface area contributed by atoms with Gasteiger partial charge in [0.15, 0.2) is 5.17 Å². The van der Waals surface area contributed by atoms with Crippen molar-refractivity contribution in [3.63, 3.8) is 0 Å². The molecule has 3 aromatic carbocycles. The van der Waals surface area contributed by atoms with E-state index in [1.807, 2.05) is 41.3 Å². The van der Waals surface area contributed by atoms with E-state index in [4.69, 9.17) is 4.99 Å². The second kappa shape index (κ2) is 6.95. The molecule has 138 valence electrons. The Kier molecular flexibility index (Phi) is 4.29. The van der Waals surface area contributed by atoms with E-state index in [-0.39, 0.29) is 17.9 Å². The van der Waals surface area contributed by atoms with Crippen LogP contribution in [0, 0.1) is 12.8 Å². The number of rotatable bonds is 3. The average Bonchev–Trinajstić information content (AvgIpc) is 3.10. The van der Waals surface area contributed by atoms with E-state index in [2.05, 4.69) is 49.4 Å². The highest BCUT2D eigenvalue weighted by Crippen LogP contribution is 2.46. The van der Waals surface area contributed by atoms with E-state index in [0.717, 1.165) is 26.9 Å². The Morgan fingerprint density at radius 1 is 0.929 bits per heavy atom. The maximum atomic E-state index is 13.7. The molecule has 0 bridgehead atoms. The second-order valence-electron chi connectivity index (χ2n) is 7.31. The Hall–Kier alpha value is -2.85. The molecule has 4 heteroatoms. The summed E-state index contributed by atoms with van der Waals surface area (Å²) in [4.78, 5) is 21.6. The molecule has 0 saturated carbocycles. The first-order valence-electron chi connectivity index (χ1n) is 9.50. The van der Waals surface area contributed by atoms with Gasteiger partial charge in [-0.25, -0.2) is 0 Å². The minimum atomic E-state index is -0.222. The molecular formula is C24H20N2OS. The number of amides is 1. The summed E-state index contributed by atoms with van der Waals surface area (Å²) in [6.45, 7) is 2.08. The SMILES string of the molecule is Cc1ccc([C@H]2N=C3Sc4ccccc4N3C(=O)[C@H]2Cc2ccccc2)cc1. The fourth-order valence-corrected chi connectivity index (χ4v) is 4.97. The lowest BCUT2D eigenvalue weighted by Gasteiger charge is -2.33. The monoisotopic (exact) mass is 384 g/mol. The zero-order chi connectivity index (χ0) is 19.1. The number of aliphatic imine (C=N–C) groups is 1. The summed E-state index contributed by atoms with van der Waals surface area (Å²) in [5.41, 5.74) is 4.43. The highest BCUT2D eigenvalue weighted by atomic mass is 32.2. The lowest BCUT2D eigenvalue weighted by atomic mass is 9.85. The van der Waals surface area contributed by atoms with Crippen LogP contribution < -0.4 is 4.90 Å². The predicted molar refractivity (Wildman–Crippen MR) is 115 cm³/mol. The van der Waals surface area contributed by atoms with Gasteiger partial charge in [0, 0.05) is 4.90 Å². The zero-order valence-corrected chi connectivity index (χ0v) is 16.4. The largest absolute Gasteiger partial charge is 0.274 e. The number of para-hydroxylation sites is 1. The summed E-state index contributed by atoms with van der Waals surface area (Å²) in [6, 6.07) is 26.5. The van der Waals surface area contributed by atoms with Gasteiger partial charge in [0.25, 0.3) is 0 Å². The minimum Gasteiger partial charge on any atom is -0.274 e. The maximum Gasteiger partial charge on any atom is 0.239 e. The van der Waals surface area contributed by atoms with Gasteiger partial charge in [0.05, 0.1) is 17.6 Å². The van der Waals surface area contributed by atoms with Crippen LogP contribution in [0.4, 0.5) is 5.69 Å². The number of carbonyl (C=O) groups excluding carboxylic acids is 1. The van der Waals surface area contributed by atoms with Crippen molar-refractivity contribution in [1.29, 1.82) is 0 Å². The lowest BCUT2D eigenvalue weighted by molar-refractivity contribution is -0.122. The Labute approximate surface area is 169 Å². The van der Waals surface area contributed by atoms with Crippen LogP contribution in [0.3, 0.4) is 0 Å². The number of carbonyl (C=O) groups is 1. The molecule has 0 radical (unpaired) electrons. The van der Waals surface area contributed by atoms with Gasteiger partial charge in [0.1, 0.15) is 0 Å². The van der Waals surface area contributed by atoms with E-state index in [1.165, 1.54) is 5.56 Å². The first-order chi connectivity index (χ1) is 13.7. The van der Waals surface area contributed by atoms with Gasteiger partial charge in [-0.2, -0.15) is 0 Å². The first kappa shape index (κ1) is 17.3. The lowest BCUT2D eigenvalue weighted by Crippen LogP contribution is -2.44. The van der Waals surface area contributed by atoms with E-state index in [1.54, 1.807) is 11.8 Å². The van der Waals surface area contributed by atoms with Gasteiger partial charge in [-0.05, 0) is 48.4 Å². The molecule has 0 spiro atoms. The third kappa shape index (κ3) is 2.94. The molecule has 0 N–H and O–H groups in total. The molecule has 0 aliphatic carbocycles. The Bertz CT molecular complexity index is 1060. The summed E-state index contributed by atoms with van der Waals surface area (Å²) < 4.78 is 0. The molecule has 2 aliphatic heterocycles. The molecule has 5 rings (SSSR count). The number of amidine groups is 1. The zero-order valence-electron chi connectivity index (χ0n) is 15.6. The quantitative estimate of drug-likeness (QED) is 0.605. The summed E-state index contributed by atoms with van der Waals surface area (Å²) >= 11 is 1.59.